The van der Waals surface area contributed by atoms with Gasteiger partial charge in [0.05, 0.1) is 16.9 Å². The standard InChI is InChI=1S/C19H22N2O4S/c1-25-16-6-4-14(5-7-16)2-3-15-10-12-20(13-11-15)19(22)17-8-9-18(26-17)21(23)24/h4-9,15H,2-3,10-13H2,1H3. The summed E-state index contributed by atoms with van der Waals surface area (Å²) >= 11 is 0.954. The highest BCUT2D eigenvalue weighted by molar-refractivity contribution is 7.17. The molecular formula is C19H22N2O4S. The number of aryl methyl sites for hydroxylation is 1. The average Bonchev–Trinajstić information content (AvgIpc) is 3.17. The summed E-state index contributed by atoms with van der Waals surface area (Å²) in [5.41, 5.74) is 1.30. The Morgan fingerprint density at radius 2 is 1.92 bits per heavy atom. The summed E-state index contributed by atoms with van der Waals surface area (Å²) < 4.78 is 5.17. The van der Waals surface area contributed by atoms with Gasteiger partial charge in [0.15, 0.2) is 0 Å². The summed E-state index contributed by atoms with van der Waals surface area (Å²) in [6.45, 7) is 1.44. The molecular weight excluding hydrogens is 352 g/mol. The van der Waals surface area contributed by atoms with E-state index in [-0.39, 0.29) is 10.9 Å². The quantitative estimate of drug-likeness (QED) is 0.562. The van der Waals surface area contributed by atoms with Crippen molar-refractivity contribution in [3.05, 3.63) is 57.0 Å². The fourth-order valence-electron chi connectivity index (χ4n) is 3.28. The molecule has 0 unspecified atom stereocenters. The number of nitrogens with zero attached hydrogens (tertiary/aromatic N) is 2. The topological polar surface area (TPSA) is 72.7 Å². The van der Waals surface area contributed by atoms with Gasteiger partial charge in [0, 0.05) is 19.2 Å². The molecule has 2 heterocycles. The number of amides is 1. The van der Waals surface area contributed by atoms with E-state index >= 15 is 0 Å². The van der Waals surface area contributed by atoms with E-state index in [1.54, 1.807) is 13.2 Å². The second kappa shape index (κ2) is 8.31. The van der Waals surface area contributed by atoms with E-state index < -0.39 is 4.92 Å². The summed E-state index contributed by atoms with van der Waals surface area (Å²) in [6, 6.07) is 11.1. The Balaban J connectivity index is 1.47. The van der Waals surface area contributed by atoms with Crippen molar-refractivity contribution < 1.29 is 14.5 Å². The largest absolute Gasteiger partial charge is 0.497 e. The van der Waals surface area contributed by atoms with Crippen LogP contribution in [-0.4, -0.2) is 35.9 Å². The normalized spacial score (nSPS) is 15.0. The van der Waals surface area contributed by atoms with E-state index in [1.807, 2.05) is 17.0 Å². The molecule has 1 fully saturated rings. The molecule has 0 bridgehead atoms. The van der Waals surface area contributed by atoms with E-state index in [2.05, 4.69) is 12.1 Å². The van der Waals surface area contributed by atoms with E-state index in [9.17, 15) is 14.9 Å². The van der Waals surface area contributed by atoms with Gasteiger partial charge in [0.2, 0.25) is 0 Å². The van der Waals surface area contributed by atoms with Gasteiger partial charge in [-0.2, -0.15) is 0 Å². The van der Waals surface area contributed by atoms with Crippen molar-refractivity contribution in [2.24, 2.45) is 5.92 Å². The molecule has 2 aromatic rings. The van der Waals surface area contributed by atoms with Crippen LogP contribution >= 0.6 is 11.3 Å². The molecule has 138 valence electrons. The van der Waals surface area contributed by atoms with Gasteiger partial charge in [0.25, 0.3) is 5.91 Å². The fraction of sp³-hybridized carbons (Fsp3) is 0.421. The Morgan fingerprint density at radius 3 is 2.50 bits per heavy atom. The predicted octanol–water partition coefficient (Wildman–Crippen LogP) is 4.15. The lowest BCUT2D eigenvalue weighted by Gasteiger charge is -2.31. The van der Waals surface area contributed by atoms with Crippen molar-refractivity contribution in [1.82, 2.24) is 4.90 Å². The summed E-state index contributed by atoms with van der Waals surface area (Å²) in [4.78, 5) is 25.1. The maximum Gasteiger partial charge on any atom is 0.324 e. The Hall–Kier alpha value is -2.41. The van der Waals surface area contributed by atoms with Crippen LogP contribution in [0.4, 0.5) is 5.00 Å². The molecule has 0 N–H and O–H groups in total. The smallest absolute Gasteiger partial charge is 0.324 e. The minimum absolute atomic E-state index is 0.0164. The van der Waals surface area contributed by atoms with Crippen LogP contribution in [-0.2, 0) is 6.42 Å². The lowest BCUT2D eigenvalue weighted by atomic mass is 9.90. The van der Waals surface area contributed by atoms with Crippen molar-refractivity contribution in [2.75, 3.05) is 20.2 Å². The van der Waals surface area contributed by atoms with Gasteiger partial charge < -0.3 is 9.64 Å². The third-order valence-corrected chi connectivity index (χ3v) is 5.91. The molecule has 1 aliphatic rings. The maximum absolute atomic E-state index is 12.5. The highest BCUT2D eigenvalue weighted by Gasteiger charge is 2.25. The third-order valence-electron chi connectivity index (χ3n) is 4.88. The Labute approximate surface area is 156 Å². The predicted molar refractivity (Wildman–Crippen MR) is 101 cm³/mol. The van der Waals surface area contributed by atoms with Gasteiger partial charge in [0.1, 0.15) is 5.75 Å². The number of hydrogen-bond donors (Lipinski definition) is 0. The SMILES string of the molecule is COc1ccc(CCC2CCN(C(=O)c3ccc([N+](=O)[O-])s3)CC2)cc1. The molecule has 26 heavy (non-hydrogen) atoms. The number of benzene rings is 1. The number of ether oxygens (including phenoxy) is 1. The molecule has 0 aliphatic carbocycles. The first-order valence-electron chi connectivity index (χ1n) is 8.73. The van der Waals surface area contributed by atoms with E-state index in [1.165, 1.54) is 11.6 Å². The molecule has 0 atom stereocenters. The van der Waals surface area contributed by atoms with Gasteiger partial charge in [-0.25, -0.2) is 0 Å². The van der Waals surface area contributed by atoms with Crippen molar-refractivity contribution in [3.63, 3.8) is 0 Å². The molecule has 1 saturated heterocycles. The summed E-state index contributed by atoms with van der Waals surface area (Å²) in [6.07, 6.45) is 4.10. The van der Waals surface area contributed by atoms with Crippen LogP contribution in [0.5, 0.6) is 5.75 Å². The number of piperidine rings is 1. The van der Waals surface area contributed by atoms with E-state index in [0.717, 1.165) is 55.9 Å². The lowest BCUT2D eigenvalue weighted by molar-refractivity contribution is -0.380. The second-order valence-electron chi connectivity index (χ2n) is 6.52. The molecule has 1 aliphatic heterocycles. The maximum atomic E-state index is 12.5. The summed E-state index contributed by atoms with van der Waals surface area (Å²) in [5, 5.41) is 10.8. The fourth-order valence-corrected chi connectivity index (χ4v) is 4.07. The number of carbonyl (C=O) groups excluding carboxylic acids is 1. The van der Waals surface area contributed by atoms with E-state index in [0.29, 0.717) is 10.8 Å². The highest BCUT2D eigenvalue weighted by Crippen LogP contribution is 2.28. The Kier molecular flexibility index (Phi) is 5.88. The van der Waals surface area contributed by atoms with Crippen LogP contribution in [0, 0.1) is 16.0 Å². The zero-order valence-corrected chi connectivity index (χ0v) is 15.5. The number of carbonyl (C=O) groups is 1. The number of thiophene rings is 1. The molecule has 0 saturated carbocycles. The number of nitro groups is 1. The molecule has 6 nitrogen and oxygen atoms in total. The first kappa shape index (κ1) is 18.4. The van der Waals surface area contributed by atoms with Crippen molar-refractivity contribution in [3.8, 4) is 5.75 Å². The first-order chi connectivity index (χ1) is 12.6. The number of likely N-dealkylation sites (tertiary alicyclic amines) is 1. The molecule has 7 heteroatoms. The van der Waals surface area contributed by atoms with Crippen molar-refractivity contribution in [2.45, 2.75) is 25.7 Å². The van der Waals surface area contributed by atoms with Crippen molar-refractivity contribution >= 4 is 22.2 Å². The van der Waals surface area contributed by atoms with Crippen LogP contribution in [0.3, 0.4) is 0 Å². The van der Waals surface area contributed by atoms with Crippen LogP contribution in [0.25, 0.3) is 0 Å². The van der Waals surface area contributed by atoms with Crippen LogP contribution in [0.1, 0.15) is 34.5 Å². The summed E-state index contributed by atoms with van der Waals surface area (Å²) in [7, 11) is 1.67. The van der Waals surface area contributed by atoms with Gasteiger partial charge in [-0.3, -0.25) is 14.9 Å². The number of hydrogen-bond acceptors (Lipinski definition) is 5. The second-order valence-corrected chi connectivity index (χ2v) is 7.58. The third kappa shape index (κ3) is 4.40. The molecule has 1 aromatic carbocycles. The van der Waals surface area contributed by atoms with Gasteiger partial charge in [-0.05, 0) is 55.4 Å². The molecule has 0 spiro atoms. The van der Waals surface area contributed by atoms with Crippen LogP contribution in [0.15, 0.2) is 36.4 Å². The highest BCUT2D eigenvalue weighted by atomic mass is 32.1. The summed E-state index contributed by atoms with van der Waals surface area (Å²) in [5.74, 6) is 1.39. The Morgan fingerprint density at radius 1 is 1.23 bits per heavy atom. The van der Waals surface area contributed by atoms with Crippen LogP contribution < -0.4 is 4.74 Å². The van der Waals surface area contributed by atoms with Gasteiger partial charge in [-0.1, -0.05) is 23.5 Å². The first-order valence-corrected chi connectivity index (χ1v) is 9.55. The average molecular weight is 374 g/mol. The molecule has 1 amide bonds. The minimum atomic E-state index is -0.452. The monoisotopic (exact) mass is 374 g/mol. The number of methoxy groups -OCH3 is 1. The molecule has 3 rings (SSSR count). The van der Waals surface area contributed by atoms with Crippen molar-refractivity contribution in [1.29, 1.82) is 0 Å². The molecule has 1 aromatic heterocycles. The Bertz CT molecular complexity index is 764. The number of rotatable bonds is 6. The van der Waals surface area contributed by atoms with Crippen LogP contribution in [0.2, 0.25) is 0 Å². The van der Waals surface area contributed by atoms with Gasteiger partial charge in [-0.15, -0.1) is 0 Å². The minimum Gasteiger partial charge on any atom is -0.497 e. The lowest BCUT2D eigenvalue weighted by Crippen LogP contribution is -2.38. The molecule has 0 radical (unpaired) electrons. The zero-order chi connectivity index (χ0) is 18.5. The van der Waals surface area contributed by atoms with E-state index in [4.69, 9.17) is 4.74 Å². The van der Waals surface area contributed by atoms with Gasteiger partial charge >= 0.3 is 5.00 Å². The zero-order valence-electron chi connectivity index (χ0n) is 14.7.